The summed E-state index contributed by atoms with van der Waals surface area (Å²) in [5, 5.41) is 3.11. The van der Waals surface area contributed by atoms with Crippen LogP contribution in [0.15, 0.2) is 61.2 Å². The van der Waals surface area contributed by atoms with E-state index in [4.69, 9.17) is 5.73 Å². The highest BCUT2D eigenvalue weighted by molar-refractivity contribution is 5.96. The monoisotopic (exact) mass is 499 g/mol. The molecular weight excluding hydrogens is 473 g/mol. The standard InChI is InChI=1S/C27H26FN7O2/c1-16-20(17(2)35-15-31-25(26(29)37)27(35)32-16)11-12-24(36)33-22(18-7-9-19(28)10-8-18)13-34-14-30-21-5-3-4-6-23(21)34/h3-10,14-15,22H,11-13H2,1-2H3,(H2,29,37)(H,33,36). The number of fused-ring (bicyclic) bond motifs is 2. The van der Waals surface area contributed by atoms with Crippen molar-refractivity contribution in [2.24, 2.45) is 5.73 Å². The van der Waals surface area contributed by atoms with Crippen molar-refractivity contribution < 1.29 is 14.0 Å². The minimum atomic E-state index is -0.640. The molecule has 1 unspecified atom stereocenters. The topological polar surface area (TPSA) is 120 Å². The normalized spacial score (nSPS) is 12.2. The Morgan fingerprint density at radius 3 is 2.57 bits per heavy atom. The smallest absolute Gasteiger partial charge is 0.271 e. The van der Waals surface area contributed by atoms with Crippen molar-refractivity contribution in [3.05, 3.63) is 95.2 Å². The summed E-state index contributed by atoms with van der Waals surface area (Å²) in [4.78, 5) is 37.8. The number of aryl methyl sites for hydroxylation is 2. The van der Waals surface area contributed by atoms with Crippen molar-refractivity contribution in [2.75, 3.05) is 0 Å². The Hall–Kier alpha value is -4.60. The summed E-state index contributed by atoms with van der Waals surface area (Å²) in [6, 6.07) is 13.5. The predicted molar refractivity (Wildman–Crippen MR) is 136 cm³/mol. The number of hydrogen-bond donors (Lipinski definition) is 2. The lowest BCUT2D eigenvalue weighted by molar-refractivity contribution is -0.121. The molecule has 0 radical (unpaired) electrons. The van der Waals surface area contributed by atoms with Crippen LogP contribution in [-0.4, -0.2) is 35.7 Å². The maximum atomic E-state index is 13.6. The van der Waals surface area contributed by atoms with Crippen LogP contribution in [0.25, 0.3) is 16.7 Å². The number of carbonyl (C=O) groups excluding carboxylic acids is 2. The van der Waals surface area contributed by atoms with Crippen LogP contribution in [0.4, 0.5) is 4.39 Å². The van der Waals surface area contributed by atoms with E-state index in [1.165, 1.54) is 18.5 Å². The van der Waals surface area contributed by atoms with E-state index in [0.29, 0.717) is 24.3 Å². The molecule has 9 nitrogen and oxygen atoms in total. The van der Waals surface area contributed by atoms with Crippen LogP contribution in [0, 0.1) is 19.7 Å². The van der Waals surface area contributed by atoms with Gasteiger partial charge in [-0.1, -0.05) is 24.3 Å². The van der Waals surface area contributed by atoms with E-state index in [2.05, 4.69) is 20.3 Å². The van der Waals surface area contributed by atoms with Gasteiger partial charge in [-0.2, -0.15) is 0 Å². The molecule has 10 heteroatoms. The molecular formula is C27H26FN7O2. The average Bonchev–Trinajstić information content (AvgIpc) is 3.48. The second-order valence-electron chi connectivity index (χ2n) is 8.97. The molecule has 0 bridgehead atoms. The highest BCUT2D eigenvalue weighted by Gasteiger charge is 2.20. The number of nitrogens with zero attached hydrogens (tertiary/aromatic N) is 5. The summed E-state index contributed by atoms with van der Waals surface area (Å²) >= 11 is 0. The van der Waals surface area contributed by atoms with Crippen molar-refractivity contribution in [3.8, 4) is 0 Å². The molecule has 2 amide bonds. The minimum Gasteiger partial charge on any atom is -0.364 e. The van der Waals surface area contributed by atoms with Gasteiger partial charge in [-0.05, 0) is 55.7 Å². The maximum Gasteiger partial charge on any atom is 0.271 e. The Labute approximate surface area is 212 Å². The van der Waals surface area contributed by atoms with Gasteiger partial charge in [0.15, 0.2) is 11.3 Å². The molecule has 0 aliphatic heterocycles. The molecule has 0 spiro atoms. The maximum absolute atomic E-state index is 13.6. The zero-order valence-electron chi connectivity index (χ0n) is 20.5. The summed E-state index contributed by atoms with van der Waals surface area (Å²) in [7, 11) is 0. The molecule has 5 aromatic rings. The van der Waals surface area contributed by atoms with E-state index in [1.54, 1.807) is 22.9 Å². The Morgan fingerprint density at radius 2 is 1.81 bits per heavy atom. The summed E-state index contributed by atoms with van der Waals surface area (Å²) in [6.07, 6.45) is 3.92. The first-order valence-electron chi connectivity index (χ1n) is 11.9. The van der Waals surface area contributed by atoms with Gasteiger partial charge in [-0.25, -0.2) is 19.3 Å². The number of imidazole rings is 2. The Morgan fingerprint density at radius 1 is 1.05 bits per heavy atom. The fourth-order valence-electron chi connectivity index (χ4n) is 4.65. The van der Waals surface area contributed by atoms with Crippen LogP contribution in [0.2, 0.25) is 0 Å². The fourth-order valence-corrected chi connectivity index (χ4v) is 4.65. The number of hydrogen-bond acceptors (Lipinski definition) is 5. The molecule has 0 saturated carbocycles. The fraction of sp³-hybridized carbons (Fsp3) is 0.222. The number of nitrogens with two attached hydrogens (primary N) is 1. The van der Waals surface area contributed by atoms with Gasteiger partial charge in [0.2, 0.25) is 5.91 Å². The lowest BCUT2D eigenvalue weighted by Gasteiger charge is -2.21. The molecule has 37 heavy (non-hydrogen) atoms. The molecule has 3 N–H and O–H groups in total. The van der Waals surface area contributed by atoms with Crippen LogP contribution < -0.4 is 11.1 Å². The number of aromatic nitrogens is 5. The Balaban J connectivity index is 1.36. The third-order valence-corrected chi connectivity index (χ3v) is 6.60. The zero-order chi connectivity index (χ0) is 26.1. The third kappa shape index (κ3) is 4.77. The second kappa shape index (κ2) is 9.81. The Bertz CT molecular complexity index is 1620. The summed E-state index contributed by atoms with van der Waals surface area (Å²) < 4.78 is 17.3. The van der Waals surface area contributed by atoms with Gasteiger partial charge in [-0.3, -0.25) is 14.0 Å². The largest absolute Gasteiger partial charge is 0.364 e. The molecule has 2 aromatic carbocycles. The van der Waals surface area contributed by atoms with Crippen LogP contribution in [0.5, 0.6) is 0 Å². The van der Waals surface area contributed by atoms with E-state index in [1.807, 2.05) is 42.7 Å². The first-order chi connectivity index (χ1) is 17.8. The first-order valence-corrected chi connectivity index (χ1v) is 11.9. The van der Waals surface area contributed by atoms with Gasteiger partial charge in [0.1, 0.15) is 12.1 Å². The highest BCUT2D eigenvalue weighted by Crippen LogP contribution is 2.22. The van der Waals surface area contributed by atoms with Gasteiger partial charge >= 0.3 is 0 Å². The molecule has 5 rings (SSSR count). The van der Waals surface area contributed by atoms with E-state index in [9.17, 15) is 14.0 Å². The van der Waals surface area contributed by atoms with Crippen molar-refractivity contribution in [3.63, 3.8) is 0 Å². The molecule has 0 fully saturated rings. The molecule has 3 heterocycles. The van der Waals surface area contributed by atoms with E-state index in [0.717, 1.165) is 27.9 Å². The summed E-state index contributed by atoms with van der Waals surface area (Å²) in [5.74, 6) is -1.13. The van der Waals surface area contributed by atoms with Crippen molar-refractivity contribution in [1.82, 2.24) is 29.2 Å². The molecule has 3 aromatic heterocycles. The Kier molecular flexibility index (Phi) is 6.39. The molecule has 0 saturated heterocycles. The number of halogens is 1. The molecule has 0 aliphatic rings. The van der Waals surface area contributed by atoms with Gasteiger partial charge in [-0.15, -0.1) is 0 Å². The van der Waals surface area contributed by atoms with E-state index >= 15 is 0 Å². The van der Waals surface area contributed by atoms with Crippen molar-refractivity contribution >= 4 is 28.5 Å². The van der Waals surface area contributed by atoms with Gasteiger partial charge < -0.3 is 15.6 Å². The van der Waals surface area contributed by atoms with E-state index in [-0.39, 0.29) is 29.9 Å². The lowest BCUT2D eigenvalue weighted by Crippen LogP contribution is -2.31. The molecule has 1 atom stereocenters. The van der Waals surface area contributed by atoms with Crippen LogP contribution in [0.1, 0.15) is 45.5 Å². The van der Waals surface area contributed by atoms with Gasteiger partial charge in [0.05, 0.1) is 23.4 Å². The zero-order valence-corrected chi connectivity index (χ0v) is 20.5. The van der Waals surface area contributed by atoms with Gasteiger partial charge in [0, 0.05) is 24.4 Å². The minimum absolute atomic E-state index is 0.115. The van der Waals surface area contributed by atoms with Crippen molar-refractivity contribution in [1.29, 1.82) is 0 Å². The number of benzene rings is 2. The lowest BCUT2D eigenvalue weighted by atomic mass is 10.0. The number of amides is 2. The van der Waals surface area contributed by atoms with E-state index < -0.39 is 5.91 Å². The van der Waals surface area contributed by atoms with Gasteiger partial charge in [0.25, 0.3) is 5.91 Å². The molecule has 188 valence electrons. The quantitative estimate of drug-likeness (QED) is 0.339. The third-order valence-electron chi connectivity index (χ3n) is 6.60. The van der Waals surface area contributed by atoms with Crippen LogP contribution >= 0.6 is 0 Å². The number of rotatable bonds is 8. The first kappa shape index (κ1) is 24.1. The SMILES string of the molecule is Cc1nc2c(C(N)=O)ncn2c(C)c1CCC(=O)NC(Cn1cnc2ccccc21)c1ccc(F)cc1. The number of para-hydroxylation sites is 2. The van der Waals surface area contributed by atoms with Crippen molar-refractivity contribution in [2.45, 2.75) is 39.3 Å². The highest BCUT2D eigenvalue weighted by atomic mass is 19.1. The summed E-state index contributed by atoms with van der Waals surface area (Å²) in [5.41, 5.74) is 11.0. The predicted octanol–water partition coefficient (Wildman–Crippen LogP) is 3.42. The average molecular weight is 500 g/mol. The van der Waals surface area contributed by atoms with Crippen LogP contribution in [0.3, 0.4) is 0 Å². The number of nitrogens with one attached hydrogen (secondary N) is 1. The van der Waals surface area contributed by atoms with Crippen LogP contribution in [-0.2, 0) is 17.8 Å². The molecule has 0 aliphatic carbocycles. The summed E-state index contributed by atoms with van der Waals surface area (Å²) in [6.45, 7) is 4.17. The second-order valence-corrected chi connectivity index (χ2v) is 8.97. The number of primary amides is 1. The number of carbonyl (C=O) groups is 2.